The van der Waals surface area contributed by atoms with Gasteiger partial charge in [0.15, 0.2) is 0 Å². The van der Waals surface area contributed by atoms with Crippen LogP contribution in [-0.4, -0.2) is 42.6 Å². The smallest absolute Gasteiger partial charge is 0.0621 e. The Labute approximate surface area is 134 Å². The molecule has 0 bridgehead atoms. The van der Waals surface area contributed by atoms with E-state index in [2.05, 4.69) is 43.3 Å². The maximum Gasteiger partial charge on any atom is 0.0621 e. The quantitative estimate of drug-likeness (QED) is 0.904. The van der Waals surface area contributed by atoms with Crippen LogP contribution in [0, 0.1) is 5.92 Å². The van der Waals surface area contributed by atoms with Crippen LogP contribution in [0.3, 0.4) is 0 Å². The average molecular weight is 310 g/mol. The molecule has 1 aromatic heterocycles. The SMILES string of the molecule is CNC(Cc1ccncc1Cl)C1(N(C)C)CCCC(C)C1. The third kappa shape index (κ3) is 3.58. The number of pyridine rings is 1. The molecule has 21 heavy (non-hydrogen) atoms. The van der Waals surface area contributed by atoms with Gasteiger partial charge in [-0.05, 0) is 58.0 Å². The van der Waals surface area contributed by atoms with Gasteiger partial charge in [-0.2, -0.15) is 0 Å². The number of likely N-dealkylation sites (N-methyl/N-ethyl adjacent to an activating group) is 2. The first-order chi connectivity index (χ1) is 9.99. The molecule has 0 aromatic carbocycles. The highest BCUT2D eigenvalue weighted by Crippen LogP contribution is 2.39. The fraction of sp³-hybridized carbons (Fsp3) is 0.706. The minimum absolute atomic E-state index is 0.207. The first-order valence-corrected chi connectivity index (χ1v) is 8.30. The summed E-state index contributed by atoms with van der Waals surface area (Å²) in [5.74, 6) is 0.782. The van der Waals surface area contributed by atoms with E-state index in [1.807, 2.05) is 12.3 Å². The second kappa shape index (κ2) is 7.08. The van der Waals surface area contributed by atoms with Crippen LogP contribution < -0.4 is 5.32 Å². The van der Waals surface area contributed by atoms with E-state index in [9.17, 15) is 0 Å². The van der Waals surface area contributed by atoms with Crippen molar-refractivity contribution < 1.29 is 0 Å². The van der Waals surface area contributed by atoms with Gasteiger partial charge >= 0.3 is 0 Å². The predicted octanol–water partition coefficient (Wildman–Crippen LogP) is 3.38. The number of nitrogens with one attached hydrogen (secondary N) is 1. The number of hydrogen-bond donors (Lipinski definition) is 1. The van der Waals surface area contributed by atoms with E-state index in [1.165, 1.54) is 31.2 Å². The predicted molar refractivity (Wildman–Crippen MR) is 89.8 cm³/mol. The Balaban J connectivity index is 2.26. The van der Waals surface area contributed by atoms with E-state index in [-0.39, 0.29) is 5.54 Å². The summed E-state index contributed by atoms with van der Waals surface area (Å²) in [4.78, 5) is 6.52. The van der Waals surface area contributed by atoms with Crippen LogP contribution >= 0.6 is 11.6 Å². The minimum atomic E-state index is 0.207. The summed E-state index contributed by atoms with van der Waals surface area (Å²) in [5, 5.41) is 4.34. The number of halogens is 1. The van der Waals surface area contributed by atoms with Crippen LogP contribution in [0.25, 0.3) is 0 Å². The van der Waals surface area contributed by atoms with Gasteiger partial charge in [0.05, 0.1) is 5.02 Å². The molecule has 1 fully saturated rings. The number of aromatic nitrogens is 1. The lowest BCUT2D eigenvalue weighted by molar-refractivity contribution is 0.0399. The molecule has 2 rings (SSSR count). The molecule has 1 heterocycles. The summed E-state index contributed by atoms with van der Waals surface area (Å²) in [6, 6.07) is 2.44. The van der Waals surface area contributed by atoms with Crippen LogP contribution in [0.2, 0.25) is 5.02 Å². The highest BCUT2D eigenvalue weighted by Gasteiger charge is 2.43. The highest BCUT2D eigenvalue weighted by molar-refractivity contribution is 6.31. The average Bonchev–Trinajstić information content (AvgIpc) is 2.46. The van der Waals surface area contributed by atoms with E-state index in [0.29, 0.717) is 6.04 Å². The van der Waals surface area contributed by atoms with Gasteiger partial charge in [0, 0.05) is 24.0 Å². The summed E-state index contributed by atoms with van der Waals surface area (Å²) in [7, 11) is 6.51. The van der Waals surface area contributed by atoms with Gasteiger partial charge in [-0.15, -0.1) is 0 Å². The fourth-order valence-corrected chi connectivity index (χ4v) is 4.15. The lowest BCUT2D eigenvalue weighted by Gasteiger charge is -2.50. The largest absolute Gasteiger partial charge is 0.315 e. The Bertz CT molecular complexity index is 463. The molecular weight excluding hydrogens is 282 g/mol. The van der Waals surface area contributed by atoms with Crippen LogP contribution in [0.4, 0.5) is 0 Å². The van der Waals surface area contributed by atoms with Crippen molar-refractivity contribution in [3.05, 3.63) is 29.0 Å². The Kier molecular flexibility index (Phi) is 5.64. The molecule has 1 aliphatic carbocycles. The van der Waals surface area contributed by atoms with Crippen molar-refractivity contribution >= 4 is 11.6 Å². The molecule has 0 spiro atoms. The van der Waals surface area contributed by atoms with Crippen molar-refractivity contribution in [2.24, 2.45) is 5.92 Å². The summed E-state index contributed by atoms with van der Waals surface area (Å²) in [6.45, 7) is 2.38. The maximum atomic E-state index is 6.31. The van der Waals surface area contributed by atoms with Gasteiger partial charge < -0.3 is 10.2 Å². The van der Waals surface area contributed by atoms with Crippen molar-refractivity contribution in [2.45, 2.75) is 50.6 Å². The molecule has 4 heteroatoms. The van der Waals surface area contributed by atoms with E-state index in [1.54, 1.807) is 6.20 Å². The summed E-state index contributed by atoms with van der Waals surface area (Å²) < 4.78 is 0. The molecule has 0 radical (unpaired) electrons. The Hall–Kier alpha value is -0.640. The van der Waals surface area contributed by atoms with Crippen molar-refractivity contribution in [3.8, 4) is 0 Å². The van der Waals surface area contributed by atoms with Crippen LogP contribution in [0.5, 0.6) is 0 Å². The molecule has 3 nitrogen and oxygen atoms in total. The molecule has 1 aromatic rings. The molecule has 0 amide bonds. The molecule has 1 aliphatic rings. The molecule has 3 unspecified atom stereocenters. The van der Waals surface area contributed by atoms with Crippen LogP contribution in [-0.2, 0) is 6.42 Å². The lowest BCUT2D eigenvalue weighted by atomic mass is 9.70. The number of rotatable bonds is 5. The Morgan fingerprint density at radius 3 is 2.86 bits per heavy atom. The number of nitrogens with zero attached hydrogens (tertiary/aromatic N) is 2. The second-order valence-electron chi connectivity index (χ2n) is 6.71. The standard InChI is InChI=1S/C17H28ClN3/c1-13-6-5-8-17(11-13,21(3)4)16(19-2)10-14-7-9-20-12-15(14)18/h7,9,12-13,16,19H,5-6,8,10-11H2,1-4H3. The van der Waals surface area contributed by atoms with Gasteiger partial charge in [0.25, 0.3) is 0 Å². The summed E-state index contributed by atoms with van der Waals surface area (Å²) in [6.07, 6.45) is 9.67. The van der Waals surface area contributed by atoms with Crippen molar-refractivity contribution in [1.82, 2.24) is 15.2 Å². The highest BCUT2D eigenvalue weighted by atomic mass is 35.5. The van der Waals surface area contributed by atoms with Crippen molar-refractivity contribution in [3.63, 3.8) is 0 Å². The molecule has 0 aliphatic heterocycles. The number of hydrogen-bond acceptors (Lipinski definition) is 3. The molecule has 1 saturated carbocycles. The molecule has 1 N–H and O–H groups in total. The van der Waals surface area contributed by atoms with Crippen molar-refractivity contribution in [2.75, 3.05) is 21.1 Å². The Morgan fingerprint density at radius 1 is 1.52 bits per heavy atom. The molecule has 118 valence electrons. The van der Waals surface area contributed by atoms with Crippen molar-refractivity contribution in [1.29, 1.82) is 0 Å². The molecule has 3 atom stereocenters. The topological polar surface area (TPSA) is 28.2 Å². The monoisotopic (exact) mass is 309 g/mol. The zero-order valence-corrected chi connectivity index (χ0v) is 14.5. The van der Waals surface area contributed by atoms with E-state index < -0.39 is 0 Å². The minimum Gasteiger partial charge on any atom is -0.315 e. The first kappa shape index (κ1) is 16.7. The third-order valence-electron chi connectivity index (χ3n) is 5.18. The van der Waals surface area contributed by atoms with Gasteiger partial charge in [0.1, 0.15) is 0 Å². The first-order valence-electron chi connectivity index (χ1n) is 7.92. The molecular formula is C17H28ClN3. The van der Waals surface area contributed by atoms with Crippen LogP contribution in [0.15, 0.2) is 18.5 Å². The third-order valence-corrected chi connectivity index (χ3v) is 5.52. The van der Waals surface area contributed by atoms with Crippen LogP contribution in [0.1, 0.15) is 38.2 Å². The molecule has 0 saturated heterocycles. The van der Waals surface area contributed by atoms with Gasteiger partial charge in [-0.25, -0.2) is 0 Å². The zero-order valence-electron chi connectivity index (χ0n) is 13.7. The lowest BCUT2D eigenvalue weighted by Crippen LogP contribution is -2.61. The van der Waals surface area contributed by atoms with E-state index in [0.717, 1.165) is 17.4 Å². The van der Waals surface area contributed by atoms with E-state index in [4.69, 9.17) is 11.6 Å². The van der Waals surface area contributed by atoms with Gasteiger partial charge in [0.2, 0.25) is 0 Å². The second-order valence-corrected chi connectivity index (χ2v) is 7.12. The summed E-state index contributed by atoms with van der Waals surface area (Å²) >= 11 is 6.31. The van der Waals surface area contributed by atoms with Gasteiger partial charge in [-0.1, -0.05) is 31.4 Å². The Morgan fingerprint density at radius 2 is 2.29 bits per heavy atom. The maximum absolute atomic E-state index is 6.31. The normalized spacial score (nSPS) is 27.8. The zero-order chi connectivity index (χ0) is 15.5. The van der Waals surface area contributed by atoms with Gasteiger partial charge in [-0.3, -0.25) is 4.98 Å². The fourth-order valence-electron chi connectivity index (χ4n) is 3.95. The summed E-state index contributed by atoms with van der Waals surface area (Å²) in [5.41, 5.74) is 1.39. The van der Waals surface area contributed by atoms with E-state index >= 15 is 0 Å².